The third-order valence-electron chi connectivity index (χ3n) is 4.39. The highest BCUT2D eigenvalue weighted by Crippen LogP contribution is 2.33. The molecule has 1 aliphatic rings. The lowest BCUT2D eigenvalue weighted by atomic mass is 9.89. The number of hydrazone groups is 1. The Morgan fingerprint density at radius 1 is 1.09 bits per heavy atom. The average Bonchev–Trinajstić information content (AvgIpc) is 3.02. The number of hydrogen-bond donors (Lipinski definition) is 1. The first-order valence-corrected chi connectivity index (χ1v) is 7.70. The summed E-state index contributed by atoms with van der Waals surface area (Å²) in [6.07, 6.45) is 2.57. The number of H-pyrrole nitrogens is 1. The number of benzene rings is 2. The van der Waals surface area contributed by atoms with E-state index >= 15 is 0 Å². The van der Waals surface area contributed by atoms with Crippen LogP contribution in [-0.2, 0) is 4.79 Å². The van der Waals surface area contributed by atoms with Crippen molar-refractivity contribution in [3.63, 3.8) is 0 Å². The van der Waals surface area contributed by atoms with E-state index in [4.69, 9.17) is 0 Å². The van der Waals surface area contributed by atoms with Gasteiger partial charge in [-0.1, -0.05) is 48.5 Å². The average molecular weight is 303 g/mol. The van der Waals surface area contributed by atoms with Crippen LogP contribution in [0.1, 0.15) is 23.5 Å². The largest absolute Gasteiger partial charge is 0.361 e. The summed E-state index contributed by atoms with van der Waals surface area (Å²) in [5, 5.41) is 7.04. The summed E-state index contributed by atoms with van der Waals surface area (Å²) in [6, 6.07) is 18.1. The van der Waals surface area contributed by atoms with Crippen molar-refractivity contribution in [3.05, 3.63) is 71.9 Å². The van der Waals surface area contributed by atoms with Gasteiger partial charge in [0.1, 0.15) is 0 Å². The lowest BCUT2D eigenvalue weighted by Gasteiger charge is -2.27. The van der Waals surface area contributed by atoms with E-state index in [1.54, 1.807) is 7.05 Å². The van der Waals surface area contributed by atoms with Crippen LogP contribution in [0.4, 0.5) is 0 Å². The number of para-hydroxylation sites is 1. The molecule has 0 unspecified atom stereocenters. The Kier molecular flexibility index (Phi) is 3.23. The second-order valence-electron chi connectivity index (χ2n) is 5.82. The first-order chi connectivity index (χ1) is 11.2. The Bertz CT molecular complexity index is 895. The van der Waals surface area contributed by atoms with E-state index in [-0.39, 0.29) is 11.8 Å². The molecule has 2 heterocycles. The molecule has 1 amide bonds. The number of likely N-dealkylation sites (N-methyl/N-ethyl adjacent to an activating group) is 1. The zero-order chi connectivity index (χ0) is 15.8. The number of carbonyl (C=O) groups is 1. The summed E-state index contributed by atoms with van der Waals surface area (Å²) in [5.74, 6) is -0.168. The van der Waals surface area contributed by atoms with Crippen molar-refractivity contribution in [1.29, 1.82) is 0 Å². The van der Waals surface area contributed by atoms with Gasteiger partial charge in [-0.25, -0.2) is 5.01 Å². The minimum absolute atomic E-state index is 0.0365. The van der Waals surface area contributed by atoms with Crippen molar-refractivity contribution in [1.82, 2.24) is 9.99 Å². The number of carbonyl (C=O) groups excluding carboxylic acids is 1. The molecule has 1 aliphatic heterocycles. The van der Waals surface area contributed by atoms with Crippen LogP contribution in [0.3, 0.4) is 0 Å². The third-order valence-corrected chi connectivity index (χ3v) is 4.39. The molecule has 114 valence electrons. The fraction of sp³-hybridized carbons (Fsp3) is 0.158. The van der Waals surface area contributed by atoms with Crippen LogP contribution in [0, 0.1) is 0 Å². The third kappa shape index (κ3) is 2.32. The molecule has 1 atom stereocenters. The van der Waals surface area contributed by atoms with E-state index in [2.05, 4.69) is 16.2 Å². The lowest BCUT2D eigenvalue weighted by Crippen LogP contribution is -2.35. The molecule has 23 heavy (non-hydrogen) atoms. The molecule has 0 fully saturated rings. The monoisotopic (exact) mass is 303 g/mol. The first kappa shape index (κ1) is 13.8. The highest BCUT2D eigenvalue weighted by molar-refractivity contribution is 6.07. The number of rotatable bonds is 2. The Morgan fingerprint density at radius 2 is 1.83 bits per heavy atom. The maximum Gasteiger partial charge on any atom is 0.250 e. The van der Waals surface area contributed by atoms with Crippen LogP contribution in [0.25, 0.3) is 10.9 Å². The van der Waals surface area contributed by atoms with Gasteiger partial charge in [-0.15, -0.1) is 0 Å². The Balaban J connectivity index is 1.77. The standard InChI is InChI=1S/C19H17N3O/c1-22-19(23)15(11-18(21-22)13-7-3-2-4-8-13)16-12-20-17-10-6-5-9-14(16)17/h2-10,12,15,20H,11H2,1H3/t15-/m1/s1. The normalized spacial score (nSPS) is 18.3. The fourth-order valence-electron chi connectivity index (χ4n) is 3.21. The van der Waals surface area contributed by atoms with Gasteiger partial charge >= 0.3 is 0 Å². The quantitative estimate of drug-likeness (QED) is 0.773. The molecule has 2 aromatic carbocycles. The second-order valence-corrected chi connectivity index (χ2v) is 5.82. The van der Waals surface area contributed by atoms with Crippen LogP contribution < -0.4 is 0 Å². The zero-order valence-corrected chi connectivity index (χ0v) is 12.9. The predicted octanol–water partition coefficient (Wildman–Crippen LogP) is 3.52. The number of hydrogen-bond acceptors (Lipinski definition) is 2. The Labute approximate surface area is 134 Å². The Hall–Kier alpha value is -2.88. The second kappa shape index (κ2) is 5.39. The highest BCUT2D eigenvalue weighted by Gasteiger charge is 2.32. The van der Waals surface area contributed by atoms with E-state index in [1.807, 2.05) is 54.7 Å². The summed E-state index contributed by atoms with van der Waals surface area (Å²) < 4.78 is 0. The number of nitrogens with zero attached hydrogens (tertiary/aromatic N) is 2. The molecule has 0 saturated carbocycles. The van der Waals surface area contributed by atoms with Gasteiger partial charge in [0.25, 0.3) is 0 Å². The first-order valence-electron chi connectivity index (χ1n) is 7.70. The van der Waals surface area contributed by atoms with Crippen molar-refractivity contribution in [3.8, 4) is 0 Å². The highest BCUT2D eigenvalue weighted by atomic mass is 16.2. The number of aromatic nitrogens is 1. The van der Waals surface area contributed by atoms with E-state index in [0.717, 1.165) is 27.7 Å². The van der Waals surface area contributed by atoms with Gasteiger partial charge in [0.2, 0.25) is 5.91 Å². The minimum Gasteiger partial charge on any atom is -0.361 e. The van der Waals surface area contributed by atoms with Crippen molar-refractivity contribution in [2.24, 2.45) is 5.10 Å². The number of aromatic amines is 1. The van der Waals surface area contributed by atoms with E-state index < -0.39 is 0 Å². The van der Waals surface area contributed by atoms with E-state index in [9.17, 15) is 4.79 Å². The summed E-state index contributed by atoms with van der Waals surface area (Å²) in [6.45, 7) is 0. The van der Waals surface area contributed by atoms with Crippen molar-refractivity contribution in [2.45, 2.75) is 12.3 Å². The molecular weight excluding hydrogens is 286 g/mol. The molecular formula is C19H17N3O. The predicted molar refractivity (Wildman–Crippen MR) is 91.4 cm³/mol. The van der Waals surface area contributed by atoms with Gasteiger partial charge in [-0.2, -0.15) is 5.10 Å². The van der Waals surface area contributed by atoms with Crippen molar-refractivity contribution >= 4 is 22.5 Å². The van der Waals surface area contributed by atoms with Crippen LogP contribution in [0.5, 0.6) is 0 Å². The van der Waals surface area contributed by atoms with Gasteiger partial charge < -0.3 is 4.98 Å². The van der Waals surface area contributed by atoms with Gasteiger partial charge in [0.15, 0.2) is 0 Å². The van der Waals surface area contributed by atoms with Crippen LogP contribution in [-0.4, -0.2) is 28.7 Å². The summed E-state index contributed by atoms with van der Waals surface area (Å²) in [4.78, 5) is 15.9. The molecule has 4 nitrogen and oxygen atoms in total. The SMILES string of the molecule is CN1N=C(c2ccccc2)C[C@H](c2c[nH]c3ccccc23)C1=O. The number of fused-ring (bicyclic) bond motifs is 1. The number of amides is 1. The van der Waals surface area contributed by atoms with Crippen LogP contribution in [0.15, 0.2) is 65.9 Å². The topological polar surface area (TPSA) is 48.5 Å². The number of nitrogens with one attached hydrogen (secondary N) is 1. The van der Waals surface area contributed by atoms with Gasteiger partial charge in [0.05, 0.1) is 11.6 Å². The van der Waals surface area contributed by atoms with E-state index in [1.165, 1.54) is 5.01 Å². The fourth-order valence-corrected chi connectivity index (χ4v) is 3.21. The molecule has 0 bridgehead atoms. The summed E-state index contributed by atoms with van der Waals surface area (Å²) >= 11 is 0. The van der Waals surface area contributed by atoms with Gasteiger partial charge in [-0.3, -0.25) is 4.79 Å². The van der Waals surface area contributed by atoms with Crippen LogP contribution >= 0.6 is 0 Å². The van der Waals surface area contributed by atoms with Gasteiger partial charge in [0, 0.05) is 30.6 Å². The molecule has 0 spiro atoms. The summed E-state index contributed by atoms with van der Waals surface area (Å²) in [5.41, 5.74) is 4.11. The van der Waals surface area contributed by atoms with Gasteiger partial charge in [-0.05, 0) is 17.2 Å². The maximum atomic E-state index is 12.6. The minimum atomic E-state index is -0.205. The van der Waals surface area contributed by atoms with Crippen molar-refractivity contribution in [2.75, 3.05) is 7.05 Å². The molecule has 1 N–H and O–H groups in total. The zero-order valence-electron chi connectivity index (χ0n) is 12.9. The summed E-state index contributed by atoms with van der Waals surface area (Å²) in [7, 11) is 1.73. The van der Waals surface area contributed by atoms with Crippen molar-refractivity contribution < 1.29 is 4.79 Å². The molecule has 0 aliphatic carbocycles. The molecule has 0 saturated heterocycles. The van der Waals surface area contributed by atoms with E-state index in [0.29, 0.717) is 6.42 Å². The smallest absolute Gasteiger partial charge is 0.250 e. The maximum absolute atomic E-state index is 12.6. The Morgan fingerprint density at radius 3 is 2.65 bits per heavy atom. The molecule has 4 rings (SSSR count). The molecule has 4 heteroatoms. The van der Waals surface area contributed by atoms with Crippen LogP contribution in [0.2, 0.25) is 0 Å². The molecule has 3 aromatic rings. The molecule has 1 aromatic heterocycles. The molecule has 0 radical (unpaired) electrons. The lowest BCUT2D eigenvalue weighted by molar-refractivity contribution is -0.132.